The Morgan fingerprint density at radius 3 is 2.91 bits per heavy atom. The third kappa shape index (κ3) is 1.54. The van der Waals surface area contributed by atoms with E-state index >= 15 is 0 Å². The van der Waals surface area contributed by atoms with Crippen LogP contribution in [-0.4, -0.2) is 29.5 Å². The molecule has 2 heterocycles. The molecule has 5 nitrogen and oxygen atoms in total. The molecule has 3 aliphatic rings. The van der Waals surface area contributed by atoms with Crippen molar-refractivity contribution >= 4 is 11.9 Å². The first-order valence-electron chi connectivity index (χ1n) is 7.83. The Labute approximate surface area is 128 Å². The van der Waals surface area contributed by atoms with Crippen LogP contribution in [0.15, 0.2) is 24.3 Å². The van der Waals surface area contributed by atoms with Gasteiger partial charge in [-0.15, -0.1) is 0 Å². The number of ether oxygens (including phenoxy) is 1. The number of benzene rings is 1. The van der Waals surface area contributed by atoms with Gasteiger partial charge in [0.25, 0.3) is 0 Å². The van der Waals surface area contributed by atoms with Crippen LogP contribution in [0.4, 0.5) is 0 Å². The van der Waals surface area contributed by atoms with Crippen molar-refractivity contribution in [2.75, 3.05) is 7.05 Å². The number of carbonyl (C=O) groups is 2. The molecule has 2 fully saturated rings. The lowest BCUT2D eigenvalue weighted by Gasteiger charge is -2.60. The number of hydrogen-bond acceptors (Lipinski definition) is 4. The topological polar surface area (TPSA) is 69.7 Å². The predicted octanol–water partition coefficient (Wildman–Crippen LogP) is 0.887. The van der Waals surface area contributed by atoms with Crippen LogP contribution in [0.3, 0.4) is 0 Å². The first kappa shape index (κ1) is 13.6. The molecule has 4 atom stereocenters. The molecule has 1 saturated heterocycles. The van der Waals surface area contributed by atoms with Crippen LogP contribution in [0, 0.1) is 11.8 Å². The highest BCUT2D eigenvalue weighted by Crippen LogP contribution is 2.57. The number of likely N-dealkylation sites (tertiary alicyclic amines) is 1. The third-order valence-electron chi connectivity index (χ3n) is 5.66. The summed E-state index contributed by atoms with van der Waals surface area (Å²) < 4.78 is 6.30. The van der Waals surface area contributed by atoms with Crippen molar-refractivity contribution in [1.29, 1.82) is 0 Å². The second kappa shape index (κ2) is 4.48. The molecule has 1 aromatic rings. The zero-order valence-electron chi connectivity index (χ0n) is 12.5. The minimum absolute atomic E-state index is 0.0155. The van der Waals surface area contributed by atoms with Gasteiger partial charge in [0, 0.05) is 25.3 Å². The summed E-state index contributed by atoms with van der Waals surface area (Å²) in [6.07, 6.45) is 3.65. The van der Waals surface area contributed by atoms with Gasteiger partial charge in [-0.05, 0) is 24.5 Å². The fraction of sp³-hybridized carbons (Fsp3) is 0.529. The molecule has 1 amide bonds. The molecule has 1 aromatic carbocycles. The lowest BCUT2D eigenvalue weighted by atomic mass is 9.61. The predicted molar refractivity (Wildman–Crippen MR) is 75.8 cm³/mol. The van der Waals surface area contributed by atoms with Crippen LogP contribution < -0.4 is 9.84 Å². The van der Waals surface area contributed by atoms with Crippen molar-refractivity contribution in [3.8, 4) is 5.75 Å². The third-order valence-corrected chi connectivity index (χ3v) is 5.66. The summed E-state index contributed by atoms with van der Waals surface area (Å²) in [7, 11) is 1.67. The van der Waals surface area contributed by atoms with Crippen molar-refractivity contribution in [3.05, 3.63) is 29.8 Å². The highest BCUT2D eigenvalue weighted by Gasteiger charge is 2.62. The molecule has 0 unspecified atom stereocenters. The molecule has 1 aliphatic carbocycles. The number of carboxylic acids is 1. The van der Waals surface area contributed by atoms with Gasteiger partial charge in [-0.3, -0.25) is 4.79 Å². The number of hydrogen-bond donors (Lipinski definition) is 0. The Morgan fingerprint density at radius 2 is 2.14 bits per heavy atom. The van der Waals surface area contributed by atoms with E-state index in [0.717, 1.165) is 31.2 Å². The van der Waals surface area contributed by atoms with E-state index in [0.29, 0.717) is 5.75 Å². The number of amides is 1. The Bertz CT molecular complexity index is 658. The largest absolute Gasteiger partial charge is 0.549 e. The molecule has 0 N–H and O–H groups in total. The maximum Gasteiger partial charge on any atom is 0.234 e. The van der Waals surface area contributed by atoms with E-state index in [-0.39, 0.29) is 11.8 Å². The van der Waals surface area contributed by atoms with Crippen LogP contribution in [0.5, 0.6) is 5.75 Å². The fourth-order valence-electron chi connectivity index (χ4n) is 4.69. The van der Waals surface area contributed by atoms with Crippen LogP contribution >= 0.6 is 0 Å². The van der Waals surface area contributed by atoms with Crippen LogP contribution in [0.2, 0.25) is 0 Å². The van der Waals surface area contributed by atoms with E-state index in [1.807, 2.05) is 24.3 Å². The Balaban J connectivity index is 1.96. The van der Waals surface area contributed by atoms with Gasteiger partial charge in [0.2, 0.25) is 5.91 Å². The van der Waals surface area contributed by atoms with Crippen LogP contribution in [0.25, 0.3) is 0 Å². The second-order valence-corrected chi connectivity index (χ2v) is 6.56. The smallest absolute Gasteiger partial charge is 0.234 e. The molecule has 0 radical (unpaired) electrons. The number of carboxylic acid groups (broad SMARTS) is 1. The zero-order valence-corrected chi connectivity index (χ0v) is 12.5. The average Bonchev–Trinajstić information content (AvgIpc) is 2.52. The Hall–Kier alpha value is -2.04. The minimum Gasteiger partial charge on any atom is -0.549 e. The summed E-state index contributed by atoms with van der Waals surface area (Å²) >= 11 is 0. The summed E-state index contributed by atoms with van der Waals surface area (Å²) in [6, 6.07) is 7.50. The number of aliphatic carboxylic acids is 1. The molecule has 5 heteroatoms. The zero-order chi connectivity index (χ0) is 15.5. The molecule has 2 bridgehead atoms. The fourth-order valence-corrected chi connectivity index (χ4v) is 4.69. The second-order valence-electron chi connectivity index (χ2n) is 6.56. The van der Waals surface area contributed by atoms with Crippen molar-refractivity contribution in [2.45, 2.75) is 37.3 Å². The van der Waals surface area contributed by atoms with E-state index < -0.39 is 23.5 Å². The lowest BCUT2D eigenvalue weighted by molar-refractivity contribution is -0.315. The SMILES string of the molecule is CN1C(=O)[C@@H](C(=O)[O-])[C@H]2c3ccccc3O[C@@]13CCCC[C@H]23. The number of nitrogens with zero attached hydrogens (tertiary/aromatic N) is 1. The maximum atomic E-state index is 12.7. The minimum atomic E-state index is -1.28. The summed E-state index contributed by atoms with van der Waals surface area (Å²) in [5.41, 5.74) is 0.140. The van der Waals surface area contributed by atoms with Crippen molar-refractivity contribution in [1.82, 2.24) is 4.90 Å². The van der Waals surface area contributed by atoms with Gasteiger partial charge in [-0.25, -0.2) is 0 Å². The molecular formula is C17H18NO4-. The van der Waals surface area contributed by atoms with Crippen LogP contribution in [0.1, 0.15) is 37.2 Å². The van der Waals surface area contributed by atoms with Gasteiger partial charge < -0.3 is 19.5 Å². The molecule has 1 saturated carbocycles. The molecule has 0 aromatic heterocycles. The number of para-hydroxylation sites is 1. The van der Waals surface area contributed by atoms with E-state index in [2.05, 4.69) is 0 Å². The summed E-state index contributed by atoms with van der Waals surface area (Å²) in [6.45, 7) is 0. The quantitative estimate of drug-likeness (QED) is 0.722. The van der Waals surface area contributed by atoms with Gasteiger partial charge in [-0.2, -0.15) is 0 Å². The summed E-state index contributed by atoms with van der Waals surface area (Å²) in [4.78, 5) is 25.9. The highest BCUT2D eigenvalue weighted by molar-refractivity contribution is 5.98. The van der Waals surface area contributed by atoms with Crippen molar-refractivity contribution < 1.29 is 19.4 Å². The number of rotatable bonds is 1. The molecule has 0 spiro atoms. The van der Waals surface area contributed by atoms with E-state index in [1.54, 1.807) is 7.05 Å². The number of fused-ring (bicyclic) bond motifs is 2. The highest BCUT2D eigenvalue weighted by atomic mass is 16.5. The van der Waals surface area contributed by atoms with Gasteiger partial charge >= 0.3 is 0 Å². The normalized spacial score (nSPS) is 36.1. The monoisotopic (exact) mass is 300 g/mol. The van der Waals surface area contributed by atoms with Crippen molar-refractivity contribution in [2.24, 2.45) is 11.8 Å². The summed E-state index contributed by atoms with van der Waals surface area (Å²) in [5.74, 6) is -2.42. The average molecular weight is 300 g/mol. The van der Waals surface area contributed by atoms with Gasteiger partial charge in [0.1, 0.15) is 5.75 Å². The van der Waals surface area contributed by atoms with E-state index in [1.165, 1.54) is 4.90 Å². The van der Waals surface area contributed by atoms with Gasteiger partial charge in [0.05, 0.1) is 11.9 Å². The number of piperidine rings is 1. The van der Waals surface area contributed by atoms with E-state index in [9.17, 15) is 14.7 Å². The lowest BCUT2D eigenvalue weighted by Crippen LogP contribution is -2.70. The first-order valence-corrected chi connectivity index (χ1v) is 7.83. The Kier molecular flexibility index (Phi) is 2.77. The summed E-state index contributed by atoms with van der Waals surface area (Å²) in [5, 5.41) is 11.7. The maximum absolute atomic E-state index is 12.7. The van der Waals surface area contributed by atoms with Crippen molar-refractivity contribution in [3.63, 3.8) is 0 Å². The standard InChI is InChI=1S/C17H19NO4/c1-18-15(19)14(16(20)21)13-10-6-2-3-8-12(10)22-17(18)9-5-4-7-11(13)17/h2-3,6,8,11,13-14H,4-5,7,9H2,1H3,(H,20,21)/p-1/t11-,13+,14+,17-/m1/s1. The first-order chi connectivity index (χ1) is 10.6. The van der Waals surface area contributed by atoms with Gasteiger partial charge in [-0.1, -0.05) is 24.6 Å². The number of carbonyl (C=O) groups excluding carboxylic acids is 2. The van der Waals surface area contributed by atoms with E-state index in [4.69, 9.17) is 4.74 Å². The molecule has 116 valence electrons. The molecule has 22 heavy (non-hydrogen) atoms. The molecular weight excluding hydrogens is 282 g/mol. The molecule has 2 aliphatic heterocycles. The molecule has 4 rings (SSSR count). The van der Waals surface area contributed by atoms with Gasteiger partial charge in [0.15, 0.2) is 5.72 Å². The Morgan fingerprint density at radius 1 is 1.36 bits per heavy atom. The van der Waals surface area contributed by atoms with Crippen LogP contribution in [-0.2, 0) is 9.59 Å².